The largest absolute Gasteiger partial charge is 0.462 e. The molecule has 0 aromatic carbocycles. The average molecular weight is 876 g/mol. The lowest BCUT2D eigenvalue weighted by Crippen LogP contribution is -2.46. The van der Waals surface area contributed by atoms with Crippen molar-refractivity contribution in [2.24, 2.45) is 0 Å². The van der Waals surface area contributed by atoms with Gasteiger partial charge in [0.15, 0.2) is 0 Å². The second-order valence-electron chi connectivity index (χ2n) is 17.3. The first-order chi connectivity index (χ1) is 31.0. The van der Waals surface area contributed by atoms with Gasteiger partial charge in [-0.2, -0.15) is 0 Å². The van der Waals surface area contributed by atoms with Crippen LogP contribution in [0, 0.1) is 0 Å². The number of aliphatic hydroxyl groups excluding tert-OH is 2. The van der Waals surface area contributed by atoms with Crippen LogP contribution in [0.25, 0.3) is 0 Å². The predicted octanol–water partition coefficient (Wildman–Crippen LogP) is 15.7. The predicted molar refractivity (Wildman–Crippen MR) is 273 cm³/mol. The monoisotopic (exact) mass is 876 g/mol. The fraction of sp³-hybridized carbons (Fsp3) is 0.684. The molecular formula is C57H97NO5. The van der Waals surface area contributed by atoms with E-state index in [0.29, 0.717) is 19.3 Å². The number of amides is 1. The fourth-order valence-electron chi connectivity index (χ4n) is 7.31. The van der Waals surface area contributed by atoms with Crippen molar-refractivity contribution in [1.82, 2.24) is 5.32 Å². The van der Waals surface area contributed by atoms with Crippen LogP contribution in [0.3, 0.4) is 0 Å². The molecule has 0 aliphatic carbocycles. The van der Waals surface area contributed by atoms with Gasteiger partial charge in [-0.15, -0.1) is 0 Å². The zero-order chi connectivity index (χ0) is 45.9. The molecule has 0 spiro atoms. The van der Waals surface area contributed by atoms with E-state index in [1.54, 1.807) is 0 Å². The Kier molecular flexibility index (Phi) is 47.2. The third-order valence-electron chi connectivity index (χ3n) is 11.2. The fourth-order valence-corrected chi connectivity index (χ4v) is 7.31. The third-order valence-corrected chi connectivity index (χ3v) is 11.2. The molecule has 0 saturated heterocycles. The number of carbonyl (C=O) groups excluding carboxylic acids is 2. The summed E-state index contributed by atoms with van der Waals surface area (Å²) in [5.41, 5.74) is 0. The van der Waals surface area contributed by atoms with Crippen molar-refractivity contribution < 1.29 is 24.5 Å². The highest BCUT2D eigenvalue weighted by molar-refractivity contribution is 5.77. The molecule has 0 aliphatic rings. The Balaban J connectivity index is 4.76. The molecule has 0 aromatic rings. The molecule has 6 nitrogen and oxygen atoms in total. The first kappa shape index (κ1) is 59.8. The van der Waals surface area contributed by atoms with E-state index >= 15 is 0 Å². The van der Waals surface area contributed by atoms with E-state index in [4.69, 9.17) is 4.74 Å². The SMILES string of the molecule is CC/C=C/C/C=C/C/C=C/C/C=C/CCCCCC(=O)OC(CCCCC/C=C/C=C/C=C/C=C/CCCCC)CC(=O)NC(CO)C(O)CCCCCCCCCCCCCC. The average Bonchev–Trinajstić information content (AvgIpc) is 3.28. The Morgan fingerprint density at radius 2 is 0.921 bits per heavy atom. The van der Waals surface area contributed by atoms with E-state index in [-0.39, 0.29) is 24.9 Å². The van der Waals surface area contributed by atoms with Crippen LogP contribution in [0.4, 0.5) is 0 Å². The zero-order valence-electron chi connectivity index (χ0n) is 40.9. The summed E-state index contributed by atoms with van der Waals surface area (Å²) >= 11 is 0. The number of unbranched alkanes of at least 4 members (excludes halogenated alkanes) is 20. The molecule has 0 heterocycles. The van der Waals surface area contributed by atoms with Crippen LogP contribution in [0.15, 0.2) is 97.2 Å². The van der Waals surface area contributed by atoms with E-state index in [2.05, 4.69) is 117 Å². The number of hydrogen-bond donors (Lipinski definition) is 3. The normalized spacial score (nSPS) is 14.0. The van der Waals surface area contributed by atoms with Gasteiger partial charge in [0.1, 0.15) is 6.10 Å². The van der Waals surface area contributed by atoms with Gasteiger partial charge in [-0.05, 0) is 89.9 Å². The smallest absolute Gasteiger partial charge is 0.306 e. The molecule has 0 bridgehead atoms. The van der Waals surface area contributed by atoms with Crippen molar-refractivity contribution in [3.8, 4) is 0 Å². The lowest BCUT2D eigenvalue weighted by molar-refractivity contribution is -0.151. The quantitative estimate of drug-likeness (QED) is 0.0245. The number of allylic oxidation sites excluding steroid dienone is 16. The maximum atomic E-state index is 13.2. The Bertz CT molecular complexity index is 1260. The number of rotatable bonds is 45. The van der Waals surface area contributed by atoms with Crippen LogP contribution in [-0.4, -0.2) is 46.9 Å². The van der Waals surface area contributed by atoms with Crippen molar-refractivity contribution in [2.75, 3.05) is 6.61 Å². The second-order valence-corrected chi connectivity index (χ2v) is 17.3. The molecule has 0 rings (SSSR count). The first-order valence-corrected chi connectivity index (χ1v) is 26.0. The first-order valence-electron chi connectivity index (χ1n) is 26.0. The van der Waals surface area contributed by atoms with E-state index in [9.17, 15) is 19.8 Å². The van der Waals surface area contributed by atoms with E-state index < -0.39 is 18.2 Å². The number of ether oxygens (including phenoxy) is 1. The van der Waals surface area contributed by atoms with Gasteiger partial charge < -0.3 is 20.3 Å². The van der Waals surface area contributed by atoms with Crippen LogP contribution < -0.4 is 5.32 Å². The van der Waals surface area contributed by atoms with Crippen LogP contribution in [0.1, 0.15) is 226 Å². The summed E-state index contributed by atoms with van der Waals surface area (Å²) in [7, 11) is 0. The summed E-state index contributed by atoms with van der Waals surface area (Å²) < 4.78 is 5.91. The highest BCUT2D eigenvalue weighted by atomic mass is 16.5. The van der Waals surface area contributed by atoms with Crippen molar-refractivity contribution >= 4 is 11.9 Å². The summed E-state index contributed by atoms with van der Waals surface area (Å²) in [5, 5.41) is 23.7. The summed E-state index contributed by atoms with van der Waals surface area (Å²) in [4.78, 5) is 26.2. The maximum absolute atomic E-state index is 13.2. The molecule has 1 amide bonds. The molecule has 0 aliphatic heterocycles. The van der Waals surface area contributed by atoms with Crippen molar-refractivity contribution in [1.29, 1.82) is 0 Å². The molecule has 0 fully saturated rings. The van der Waals surface area contributed by atoms with Crippen LogP contribution in [-0.2, 0) is 14.3 Å². The second kappa shape index (κ2) is 49.8. The van der Waals surface area contributed by atoms with Gasteiger partial charge in [-0.1, -0.05) is 221 Å². The zero-order valence-corrected chi connectivity index (χ0v) is 40.9. The van der Waals surface area contributed by atoms with Gasteiger partial charge in [0, 0.05) is 6.42 Å². The maximum Gasteiger partial charge on any atom is 0.306 e. The molecular weight excluding hydrogens is 779 g/mol. The van der Waals surface area contributed by atoms with Crippen LogP contribution >= 0.6 is 0 Å². The Hall–Kier alpha value is -3.22. The highest BCUT2D eigenvalue weighted by Gasteiger charge is 2.24. The Morgan fingerprint density at radius 3 is 1.48 bits per heavy atom. The molecule has 360 valence electrons. The summed E-state index contributed by atoms with van der Waals surface area (Å²) in [5.74, 6) is -0.556. The molecule has 3 atom stereocenters. The number of aliphatic hydroxyl groups is 2. The van der Waals surface area contributed by atoms with Gasteiger partial charge >= 0.3 is 5.97 Å². The number of carbonyl (C=O) groups is 2. The highest BCUT2D eigenvalue weighted by Crippen LogP contribution is 2.17. The molecule has 6 heteroatoms. The van der Waals surface area contributed by atoms with Gasteiger partial charge in [0.05, 0.1) is 25.2 Å². The lowest BCUT2D eigenvalue weighted by Gasteiger charge is -2.24. The molecule has 3 unspecified atom stereocenters. The number of nitrogens with one attached hydrogen (secondary N) is 1. The summed E-state index contributed by atoms with van der Waals surface area (Å²) in [6.07, 6.45) is 66.0. The van der Waals surface area contributed by atoms with Crippen LogP contribution in [0.2, 0.25) is 0 Å². The van der Waals surface area contributed by atoms with Gasteiger partial charge in [-0.25, -0.2) is 0 Å². The minimum absolute atomic E-state index is 0.0333. The summed E-state index contributed by atoms with van der Waals surface area (Å²) in [6.45, 7) is 6.30. The molecule has 63 heavy (non-hydrogen) atoms. The topological polar surface area (TPSA) is 95.9 Å². The van der Waals surface area contributed by atoms with Crippen molar-refractivity contribution in [3.05, 3.63) is 97.2 Å². The standard InChI is InChI=1S/C57H97NO5/c1-4-7-10-13-16-19-22-25-27-29-31-33-36-39-42-45-48-53(63-57(62)50-47-44-41-38-35-32-30-28-26-23-20-17-14-11-8-5-2)51-56(61)58-54(52-59)55(60)49-46-43-40-37-34-24-21-18-15-12-9-6-3/h8,11,16-17,19-20,22,25-29,31-33,35,53-55,59-60H,4-7,9-10,12-15,18,21,23-24,30,34,36-52H2,1-3H3,(H,58,61)/b11-8+,19-16+,20-17+,25-22+,28-26+,29-27+,33-31+,35-32+. The molecule has 0 aromatic heterocycles. The number of hydrogen-bond acceptors (Lipinski definition) is 5. The van der Waals surface area contributed by atoms with E-state index in [1.807, 2.05) is 6.08 Å². The summed E-state index contributed by atoms with van der Waals surface area (Å²) in [6, 6.07) is -0.727. The third kappa shape index (κ3) is 45.2. The molecule has 0 saturated carbocycles. The van der Waals surface area contributed by atoms with Crippen molar-refractivity contribution in [2.45, 2.75) is 244 Å². The van der Waals surface area contributed by atoms with Crippen molar-refractivity contribution in [3.63, 3.8) is 0 Å². The Morgan fingerprint density at radius 1 is 0.492 bits per heavy atom. The van der Waals surface area contributed by atoms with E-state index in [0.717, 1.165) is 103 Å². The lowest BCUT2D eigenvalue weighted by atomic mass is 10.0. The minimum atomic E-state index is -0.809. The number of esters is 1. The van der Waals surface area contributed by atoms with E-state index in [1.165, 1.54) is 77.0 Å². The van der Waals surface area contributed by atoms with Gasteiger partial charge in [-0.3, -0.25) is 9.59 Å². The minimum Gasteiger partial charge on any atom is -0.462 e. The Labute approximate surface area is 388 Å². The van der Waals surface area contributed by atoms with Gasteiger partial charge in [0.25, 0.3) is 0 Å². The van der Waals surface area contributed by atoms with Crippen LogP contribution in [0.5, 0.6) is 0 Å². The molecule has 0 radical (unpaired) electrons. The van der Waals surface area contributed by atoms with Gasteiger partial charge in [0.2, 0.25) is 5.91 Å². The molecule has 3 N–H and O–H groups in total.